The van der Waals surface area contributed by atoms with E-state index in [1.807, 2.05) is 0 Å². The molecule has 0 radical (unpaired) electrons. The maximum atomic E-state index is 13.0. The molecule has 0 saturated heterocycles. The Hall–Kier alpha value is -1.60. The molecular formula is C22H27F3N2O2. The van der Waals surface area contributed by atoms with E-state index in [-0.39, 0.29) is 11.9 Å². The third-order valence-electron chi connectivity index (χ3n) is 7.64. The van der Waals surface area contributed by atoms with Gasteiger partial charge >= 0.3 is 6.18 Å². The van der Waals surface area contributed by atoms with Gasteiger partial charge < -0.3 is 10.4 Å². The molecule has 4 nitrogen and oxygen atoms in total. The first-order valence-electron chi connectivity index (χ1n) is 10.6. The second-order valence-corrected chi connectivity index (χ2v) is 9.82. The van der Waals surface area contributed by atoms with Gasteiger partial charge in [0.25, 0.3) is 0 Å². The van der Waals surface area contributed by atoms with Crippen molar-refractivity contribution < 1.29 is 23.1 Å². The summed E-state index contributed by atoms with van der Waals surface area (Å²) >= 11 is 0. The molecule has 1 aromatic rings. The van der Waals surface area contributed by atoms with Gasteiger partial charge in [0.1, 0.15) is 0 Å². The van der Waals surface area contributed by atoms with Crippen LogP contribution in [0.1, 0.15) is 56.1 Å². The largest absolute Gasteiger partial charge is 0.416 e. The quantitative estimate of drug-likeness (QED) is 0.700. The van der Waals surface area contributed by atoms with Crippen LogP contribution in [0, 0.1) is 17.8 Å². The Morgan fingerprint density at radius 1 is 1.07 bits per heavy atom. The number of hydrogen-bond donors (Lipinski definition) is 3. The summed E-state index contributed by atoms with van der Waals surface area (Å²) in [7, 11) is 0. The van der Waals surface area contributed by atoms with Crippen molar-refractivity contribution in [3.05, 3.63) is 35.4 Å². The van der Waals surface area contributed by atoms with Crippen molar-refractivity contribution in [1.29, 1.82) is 0 Å². The molecule has 5 saturated carbocycles. The molecule has 4 bridgehead atoms. The zero-order chi connectivity index (χ0) is 20.4. The molecule has 1 amide bonds. The van der Waals surface area contributed by atoms with Crippen molar-refractivity contribution in [1.82, 2.24) is 10.6 Å². The molecule has 158 valence electrons. The number of carbonyl (C=O) groups excluding carboxylic acids is 1. The number of carbonyl (C=O) groups is 1. The molecule has 6 rings (SSSR count). The number of alkyl halides is 3. The number of aliphatic hydroxyl groups is 1. The van der Waals surface area contributed by atoms with Gasteiger partial charge in [-0.2, -0.15) is 13.2 Å². The summed E-state index contributed by atoms with van der Waals surface area (Å²) in [5.41, 5.74) is -1.05. The Morgan fingerprint density at radius 3 is 2.21 bits per heavy atom. The minimum absolute atomic E-state index is 0.00822. The van der Waals surface area contributed by atoms with Crippen molar-refractivity contribution >= 4 is 5.91 Å². The Kier molecular flexibility index (Phi) is 4.31. The van der Waals surface area contributed by atoms with Crippen LogP contribution in [0.25, 0.3) is 0 Å². The van der Waals surface area contributed by atoms with Gasteiger partial charge in [-0.3, -0.25) is 10.1 Å². The van der Waals surface area contributed by atoms with Gasteiger partial charge in [0.05, 0.1) is 16.7 Å². The van der Waals surface area contributed by atoms with Crippen LogP contribution in [0.3, 0.4) is 0 Å². The maximum Gasteiger partial charge on any atom is 0.416 e. The highest BCUT2D eigenvalue weighted by Gasteiger charge is 2.57. The highest BCUT2D eigenvalue weighted by Crippen LogP contribution is 2.55. The van der Waals surface area contributed by atoms with Crippen molar-refractivity contribution in [3.63, 3.8) is 0 Å². The highest BCUT2D eigenvalue weighted by atomic mass is 19.4. The average molecular weight is 408 g/mol. The molecule has 0 spiro atoms. The average Bonchev–Trinajstić information content (AvgIpc) is 3.42. The number of halogens is 3. The fourth-order valence-corrected chi connectivity index (χ4v) is 6.20. The predicted octanol–water partition coefficient (Wildman–Crippen LogP) is 3.38. The van der Waals surface area contributed by atoms with E-state index >= 15 is 0 Å². The van der Waals surface area contributed by atoms with Crippen LogP contribution in [0.15, 0.2) is 24.3 Å². The van der Waals surface area contributed by atoms with Gasteiger partial charge in [0.2, 0.25) is 5.91 Å². The normalized spacial score (nSPS) is 36.8. The smallest absolute Gasteiger partial charge is 0.390 e. The fraction of sp³-hybridized carbons (Fsp3) is 0.682. The summed E-state index contributed by atoms with van der Waals surface area (Å²) in [5.74, 6) is 1.33. The monoisotopic (exact) mass is 408 g/mol. The lowest BCUT2D eigenvalue weighted by atomic mass is 9.52. The lowest BCUT2D eigenvalue weighted by molar-refractivity contribution is -0.147. The number of amides is 1. The third kappa shape index (κ3) is 3.56. The van der Waals surface area contributed by atoms with Crippen molar-refractivity contribution in [3.8, 4) is 0 Å². The van der Waals surface area contributed by atoms with Crippen LogP contribution < -0.4 is 10.6 Å². The number of hydrogen-bond acceptors (Lipinski definition) is 3. The second kappa shape index (κ2) is 6.45. The van der Waals surface area contributed by atoms with Gasteiger partial charge in [0, 0.05) is 12.6 Å². The van der Waals surface area contributed by atoms with Crippen molar-refractivity contribution in [2.45, 2.75) is 74.8 Å². The Morgan fingerprint density at radius 2 is 1.69 bits per heavy atom. The zero-order valence-electron chi connectivity index (χ0n) is 16.3. The summed E-state index contributed by atoms with van der Waals surface area (Å²) in [6, 6.07) is 5.22. The first kappa shape index (κ1) is 19.4. The summed E-state index contributed by atoms with van der Waals surface area (Å²) in [5, 5.41) is 17.3. The molecule has 0 aromatic heterocycles. The van der Waals surface area contributed by atoms with Gasteiger partial charge in [-0.25, -0.2) is 0 Å². The van der Waals surface area contributed by atoms with Gasteiger partial charge in [0.15, 0.2) is 0 Å². The first-order chi connectivity index (χ1) is 13.7. The number of rotatable bonds is 5. The van der Waals surface area contributed by atoms with E-state index in [2.05, 4.69) is 10.6 Å². The van der Waals surface area contributed by atoms with Gasteiger partial charge in [-0.15, -0.1) is 0 Å². The third-order valence-corrected chi connectivity index (χ3v) is 7.64. The number of nitrogens with one attached hydrogen (secondary N) is 2. The van der Waals surface area contributed by atoms with Crippen molar-refractivity contribution in [2.24, 2.45) is 17.8 Å². The minimum Gasteiger partial charge on any atom is -0.390 e. The lowest BCUT2D eigenvalue weighted by Crippen LogP contribution is -2.63. The maximum absolute atomic E-state index is 13.0. The van der Waals surface area contributed by atoms with Crippen LogP contribution in [0.4, 0.5) is 13.2 Å². The summed E-state index contributed by atoms with van der Waals surface area (Å²) in [6.07, 6.45) is 1.83. The molecule has 5 aliphatic carbocycles. The molecule has 1 aromatic carbocycles. The van der Waals surface area contributed by atoms with Crippen LogP contribution in [0.2, 0.25) is 0 Å². The fourth-order valence-electron chi connectivity index (χ4n) is 6.20. The molecule has 7 heteroatoms. The van der Waals surface area contributed by atoms with Crippen LogP contribution in [0.5, 0.6) is 0 Å². The Balaban J connectivity index is 1.20. The molecule has 0 heterocycles. The Labute approximate surface area is 168 Å². The van der Waals surface area contributed by atoms with E-state index in [9.17, 15) is 23.1 Å². The summed E-state index contributed by atoms with van der Waals surface area (Å²) in [6.45, 7) is 0.366. The second-order valence-electron chi connectivity index (χ2n) is 9.82. The van der Waals surface area contributed by atoms with E-state index in [1.165, 1.54) is 12.1 Å². The van der Waals surface area contributed by atoms with Crippen LogP contribution >= 0.6 is 0 Å². The Bertz CT molecular complexity index is 787. The van der Waals surface area contributed by atoms with E-state index in [4.69, 9.17) is 0 Å². The van der Waals surface area contributed by atoms with Crippen molar-refractivity contribution in [2.75, 3.05) is 0 Å². The van der Waals surface area contributed by atoms with E-state index in [1.54, 1.807) is 0 Å². The summed E-state index contributed by atoms with van der Waals surface area (Å²) in [4.78, 5) is 13.0. The molecule has 29 heavy (non-hydrogen) atoms. The van der Waals surface area contributed by atoms with Gasteiger partial charge in [-0.05, 0) is 80.4 Å². The predicted molar refractivity (Wildman–Crippen MR) is 101 cm³/mol. The van der Waals surface area contributed by atoms with E-state index in [0.717, 1.165) is 62.6 Å². The highest BCUT2D eigenvalue weighted by molar-refractivity contribution is 5.89. The molecule has 5 fully saturated rings. The first-order valence-corrected chi connectivity index (χ1v) is 10.6. The standard InChI is InChI=1S/C22H27F3N2O2/c23-22(24,25)17-3-1-13(2-4-17)12-26-21(5-6-21)19(28)27-18-15-7-14-8-16(18)11-20(29,9-14)10-15/h1-4,14-16,18,26,29H,5-12H2,(H,27,28). The minimum atomic E-state index is -4.34. The molecule has 2 unspecified atom stereocenters. The van der Waals surface area contributed by atoms with Crippen LogP contribution in [-0.2, 0) is 17.5 Å². The number of benzene rings is 1. The SMILES string of the molecule is O=C(NC1C2CC3CC1CC(O)(C3)C2)C1(NCc2ccc(C(F)(F)F)cc2)CC1. The molecular weight excluding hydrogens is 381 g/mol. The van der Waals surface area contributed by atoms with Crippen LogP contribution in [-0.4, -0.2) is 28.2 Å². The molecule has 5 aliphatic rings. The molecule has 3 N–H and O–H groups in total. The molecule has 0 aliphatic heterocycles. The topological polar surface area (TPSA) is 61.4 Å². The summed E-state index contributed by atoms with van der Waals surface area (Å²) < 4.78 is 38.1. The van der Waals surface area contributed by atoms with Gasteiger partial charge in [-0.1, -0.05) is 12.1 Å². The lowest BCUT2D eigenvalue weighted by Gasteiger charge is -2.58. The van der Waals surface area contributed by atoms with E-state index in [0.29, 0.717) is 24.3 Å². The molecule has 2 atom stereocenters. The van der Waals surface area contributed by atoms with E-state index < -0.39 is 22.9 Å². The zero-order valence-corrected chi connectivity index (χ0v) is 16.3.